The Morgan fingerprint density at radius 1 is 1.02 bits per heavy atom. The van der Waals surface area contributed by atoms with Gasteiger partial charge in [-0.25, -0.2) is 14.8 Å². The fraction of sp³-hybridized carbons (Fsp3) is 0.273. The van der Waals surface area contributed by atoms with Crippen molar-refractivity contribution in [2.45, 2.75) is 31.8 Å². The van der Waals surface area contributed by atoms with Crippen LogP contribution in [0, 0.1) is 11.7 Å². The van der Waals surface area contributed by atoms with Crippen LogP contribution in [0.5, 0.6) is 0 Å². The van der Waals surface area contributed by atoms with Crippen molar-refractivity contribution in [1.29, 1.82) is 0 Å². The minimum atomic E-state index is -1.13. The van der Waals surface area contributed by atoms with Crippen LogP contribution < -0.4 is 15.1 Å². The van der Waals surface area contributed by atoms with E-state index >= 15 is 4.39 Å². The third-order valence-corrected chi connectivity index (χ3v) is 8.47. The summed E-state index contributed by atoms with van der Waals surface area (Å²) in [5.74, 6) is -2.30. The van der Waals surface area contributed by atoms with Crippen LogP contribution in [0.4, 0.5) is 16.0 Å². The van der Waals surface area contributed by atoms with E-state index in [9.17, 15) is 14.7 Å². The van der Waals surface area contributed by atoms with Crippen LogP contribution in [-0.2, 0) is 22.6 Å². The van der Waals surface area contributed by atoms with Crippen LogP contribution in [0.3, 0.4) is 0 Å². The Balaban J connectivity index is 1.23. The van der Waals surface area contributed by atoms with Gasteiger partial charge in [0.15, 0.2) is 11.6 Å². The van der Waals surface area contributed by atoms with Crippen LogP contribution in [0.1, 0.15) is 24.0 Å². The molecule has 8 nitrogen and oxygen atoms in total. The average Bonchev–Trinajstić information content (AvgIpc) is 3.03. The van der Waals surface area contributed by atoms with E-state index in [0.717, 1.165) is 22.3 Å². The molecule has 0 saturated carbocycles. The number of nitrogens with zero attached hydrogens (tertiary/aromatic N) is 4. The van der Waals surface area contributed by atoms with Crippen molar-refractivity contribution in [3.8, 4) is 11.1 Å². The molecular formula is C33H32Cl2FN5O3. The van der Waals surface area contributed by atoms with Crippen LogP contribution in [0.15, 0.2) is 79.1 Å². The lowest BCUT2D eigenvalue weighted by atomic mass is 9.95. The molecule has 1 aliphatic heterocycles. The first-order valence-electron chi connectivity index (χ1n) is 14.3. The van der Waals surface area contributed by atoms with Gasteiger partial charge in [-0.3, -0.25) is 4.79 Å². The predicted octanol–water partition coefficient (Wildman–Crippen LogP) is 6.25. The monoisotopic (exact) mass is 635 g/mol. The molecule has 11 heteroatoms. The molecule has 1 saturated heterocycles. The number of hydrogen-bond donors (Lipinski definition) is 2. The number of carboxylic acid groups (broad SMARTS) is 1. The van der Waals surface area contributed by atoms with E-state index in [1.807, 2.05) is 60.7 Å². The molecule has 1 unspecified atom stereocenters. The van der Waals surface area contributed by atoms with Gasteiger partial charge in [0.1, 0.15) is 12.4 Å². The number of amides is 1. The average molecular weight is 637 g/mol. The first-order chi connectivity index (χ1) is 21.2. The normalized spacial score (nSPS) is 15.5. The van der Waals surface area contributed by atoms with Gasteiger partial charge in [0, 0.05) is 33.1 Å². The highest BCUT2D eigenvalue weighted by molar-refractivity contribution is 6.42. The van der Waals surface area contributed by atoms with Crippen molar-refractivity contribution < 1.29 is 19.1 Å². The van der Waals surface area contributed by atoms with E-state index in [-0.39, 0.29) is 30.5 Å². The highest BCUT2D eigenvalue weighted by atomic mass is 35.5. The Morgan fingerprint density at radius 2 is 1.75 bits per heavy atom. The fourth-order valence-corrected chi connectivity index (χ4v) is 5.69. The molecule has 3 aromatic carbocycles. The molecule has 1 aromatic heterocycles. The zero-order valence-corrected chi connectivity index (χ0v) is 25.6. The highest BCUT2D eigenvalue weighted by Crippen LogP contribution is 2.30. The summed E-state index contributed by atoms with van der Waals surface area (Å²) >= 11 is 12.2. The smallest absolute Gasteiger partial charge is 0.326 e. The van der Waals surface area contributed by atoms with Crippen molar-refractivity contribution in [2.24, 2.45) is 5.92 Å². The number of anilines is 2. The Hall–Kier alpha value is -4.21. The number of carboxylic acids is 1. The second-order valence-corrected chi connectivity index (χ2v) is 11.7. The van der Waals surface area contributed by atoms with Crippen molar-refractivity contribution >= 4 is 46.7 Å². The van der Waals surface area contributed by atoms with E-state index < -0.39 is 23.7 Å². The number of aromatic nitrogens is 2. The molecule has 0 aliphatic carbocycles. The summed E-state index contributed by atoms with van der Waals surface area (Å²) in [6, 6.07) is 21.3. The van der Waals surface area contributed by atoms with Gasteiger partial charge in [-0.05, 0) is 47.2 Å². The molecule has 2 atom stereocenters. The number of carbonyl (C=O) groups is 2. The number of carbonyl (C=O) groups excluding carboxylic acids is 1. The Labute approximate surface area is 265 Å². The first-order valence-corrected chi connectivity index (χ1v) is 15.0. The van der Waals surface area contributed by atoms with Crippen LogP contribution in [-0.4, -0.2) is 53.1 Å². The minimum absolute atomic E-state index is 0.108. The Bertz CT molecular complexity index is 1620. The van der Waals surface area contributed by atoms with Crippen LogP contribution in [0.2, 0.25) is 10.0 Å². The Kier molecular flexibility index (Phi) is 9.97. The zero-order valence-electron chi connectivity index (χ0n) is 24.1. The maximum Gasteiger partial charge on any atom is 0.326 e. The molecule has 0 bridgehead atoms. The SMILES string of the molecule is CN(Cc1ccccc1)c1ncnc(N2CCCC(C(=O)N[C@@H](Cc3ccc(-c4ccc(Cl)c(Cl)c4)cc3)C(=O)O)C2)c1F. The molecule has 4 aromatic rings. The summed E-state index contributed by atoms with van der Waals surface area (Å²) in [5.41, 5.74) is 3.55. The predicted molar refractivity (Wildman–Crippen MR) is 171 cm³/mol. The standard InChI is InChI=1S/C33H32Cl2FN5O3/c1-40(18-22-6-3-2-4-7-22)30-29(36)31(38-20-37-30)41-15-5-8-25(19-41)32(42)39-28(33(43)44)16-21-9-11-23(12-10-21)24-13-14-26(34)27(35)17-24/h2-4,6-7,9-14,17,20,25,28H,5,8,15-16,18-19H2,1H3,(H,39,42)(H,43,44)/t25?,28-/m0/s1. The van der Waals surface area contributed by atoms with Gasteiger partial charge in [-0.15, -0.1) is 0 Å². The Morgan fingerprint density at radius 3 is 2.45 bits per heavy atom. The summed E-state index contributed by atoms with van der Waals surface area (Å²) < 4.78 is 15.7. The van der Waals surface area contributed by atoms with Crippen molar-refractivity contribution in [3.05, 3.63) is 106 Å². The number of aliphatic carboxylic acids is 1. The molecular weight excluding hydrogens is 604 g/mol. The highest BCUT2D eigenvalue weighted by Gasteiger charge is 2.31. The molecule has 228 valence electrons. The largest absolute Gasteiger partial charge is 0.480 e. The van der Waals surface area contributed by atoms with Crippen molar-refractivity contribution in [1.82, 2.24) is 15.3 Å². The number of benzene rings is 3. The summed E-state index contributed by atoms with van der Waals surface area (Å²) in [7, 11) is 1.77. The van der Waals surface area contributed by atoms with Gasteiger partial charge in [-0.1, -0.05) is 83.9 Å². The molecule has 1 amide bonds. The molecule has 5 rings (SSSR count). The van der Waals surface area contributed by atoms with E-state index in [4.69, 9.17) is 23.2 Å². The zero-order chi connectivity index (χ0) is 31.2. The number of piperidine rings is 1. The van der Waals surface area contributed by atoms with Gasteiger partial charge < -0.3 is 20.2 Å². The van der Waals surface area contributed by atoms with E-state index in [1.165, 1.54) is 6.33 Å². The lowest BCUT2D eigenvalue weighted by Gasteiger charge is -2.34. The van der Waals surface area contributed by atoms with E-state index in [0.29, 0.717) is 36.0 Å². The quantitative estimate of drug-likeness (QED) is 0.212. The molecule has 2 heterocycles. The summed E-state index contributed by atoms with van der Waals surface area (Å²) in [6.07, 6.45) is 2.62. The van der Waals surface area contributed by atoms with Gasteiger partial charge in [0.05, 0.1) is 16.0 Å². The number of hydrogen-bond acceptors (Lipinski definition) is 6. The van der Waals surface area contributed by atoms with Gasteiger partial charge in [0.25, 0.3) is 0 Å². The van der Waals surface area contributed by atoms with Gasteiger partial charge in [-0.2, -0.15) is 4.39 Å². The van der Waals surface area contributed by atoms with Crippen LogP contribution in [0.25, 0.3) is 11.1 Å². The molecule has 2 N–H and O–H groups in total. The topological polar surface area (TPSA) is 98.7 Å². The van der Waals surface area contributed by atoms with Crippen molar-refractivity contribution in [3.63, 3.8) is 0 Å². The maximum atomic E-state index is 15.7. The van der Waals surface area contributed by atoms with Crippen molar-refractivity contribution in [2.75, 3.05) is 29.9 Å². The third-order valence-electron chi connectivity index (χ3n) is 7.73. The first kappa shape index (κ1) is 31.2. The summed E-state index contributed by atoms with van der Waals surface area (Å²) in [5, 5.41) is 13.5. The van der Waals surface area contributed by atoms with Gasteiger partial charge in [0.2, 0.25) is 11.7 Å². The van der Waals surface area contributed by atoms with Gasteiger partial charge >= 0.3 is 5.97 Å². The number of halogens is 3. The molecule has 1 aliphatic rings. The second-order valence-electron chi connectivity index (χ2n) is 10.9. The van der Waals surface area contributed by atoms with Crippen LogP contribution >= 0.6 is 23.2 Å². The lowest BCUT2D eigenvalue weighted by molar-refractivity contribution is -0.142. The van der Waals surface area contributed by atoms with E-state index in [1.54, 1.807) is 29.0 Å². The third kappa shape index (κ3) is 7.46. The lowest BCUT2D eigenvalue weighted by Crippen LogP contribution is -2.49. The number of nitrogens with one attached hydrogen (secondary N) is 1. The maximum absolute atomic E-state index is 15.7. The second kappa shape index (κ2) is 14.1. The number of rotatable bonds is 10. The molecule has 1 fully saturated rings. The summed E-state index contributed by atoms with van der Waals surface area (Å²) in [6.45, 7) is 1.20. The minimum Gasteiger partial charge on any atom is -0.480 e. The molecule has 44 heavy (non-hydrogen) atoms. The fourth-order valence-electron chi connectivity index (χ4n) is 5.39. The summed E-state index contributed by atoms with van der Waals surface area (Å²) in [4.78, 5) is 37.2. The van der Waals surface area contributed by atoms with E-state index in [2.05, 4.69) is 15.3 Å². The molecule has 0 spiro atoms. The molecule has 0 radical (unpaired) electrons.